The van der Waals surface area contributed by atoms with E-state index in [-0.39, 0.29) is 10.8 Å². The number of hydrogen-bond donors (Lipinski definition) is 1. The highest BCUT2D eigenvalue weighted by molar-refractivity contribution is 6.32. The Bertz CT molecular complexity index is 536. The molecule has 0 radical (unpaired) electrons. The quantitative estimate of drug-likeness (QED) is 0.865. The van der Waals surface area contributed by atoms with Crippen molar-refractivity contribution >= 4 is 17.6 Å². The monoisotopic (exact) mass is 237 g/mol. The largest absolute Gasteiger partial charge is 0.476 e. The Hall–Kier alpha value is -1.88. The van der Waals surface area contributed by atoms with Crippen molar-refractivity contribution in [3.63, 3.8) is 0 Å². The normalized spacial score (nSPS) is 10.4. The van der Waals surface area contributed by atoms with Crippen LogP contribution in [0.1, 0.15) is 10.5 Å². The Morgan fingerprint density at radius 2 is 2.31 bits per heavy atom. The molecule has 1 N–H and O–H groups in total. The molecule has 2 aromatic rings. The van der Waals surface area contributed by atoms with E-state index in [2.05, 4.69) is 9.97 Å². The zero-order valence-corrected chi connectivity index (χ0v) is 9.14. The summed E-state index contributed by atoms with van der Waals surface area (Å²) in [5, 5.41) is 8.98. The number of nitrogens with zero attached hydrogens (tertiary/aromatic N) is 3. The second-order valence-corrected chi connectivity index (χ2v) is 3.54. The fourth-order valence-corrected chi connectivity index (χ4v) is 1.57. The fraction of sp³-hybridized carbons (Fsp3) is 0.100. The minimum absolute atomic E-state index is 0.103. The van der Waals surface area contributed by atoms with Crippen molar-refractivity contribution in [3.8, 4) is 11.4 Å². The van der Waals surface area contributed by atoms with Crippen LogP contribution in [0.25, 0.3) is 11.4 Å². The predicted molar refractivity (Wildman–Crippen MR) is 58.4 cm³/mol. The zero-order chi connectivity index (χ0) is 11.7. The van der Waals surface area contributed by atoms with E-state index in [0.29, 0.717) is 5.82 Å². The number of rotatable bonds is 2. The third-order valence-corrected chi connectivity index (χ3v) is 2.58. The second kappa shape index (κ2) is 3.94. The van der Waals surface area contributed by atoms with Crippen molar-refractivity contribution < 1.29 is 9.90 Å². The molecule has 0 aliphatic heterocycles. The Morgan fingerprint density at radius 1 is 1.56 bits per heavy atom. The Labute approximate surface area is 96.3 Å². The number of carboxylic acid groups (broad SMARTS) is 1. The molecule has 5 nitrogen and oxygen atoms in total. The number of aromatic carboxylic acids is 1. The molecule has 0 unspecified atom stereocenters. The summed E-state index contributed by atoms with van der Waals surface area (Å²) in [6.07, 6.45) is 3.23. The molecule has 0 amide bonds. The van der Waals surface area contributed by atoms with Crippen molar-refractivity contribution in [1.82, 2.24) is 14.5 Å². The molecule has 2 heterocycles. The summed E-state index contributed by atoms with van der Waals surface area (Å²) >= 11 is 5.86. The van der Waals surface area contributed by atoms with Crippen LogP contribution in [0.3, 0.4) is 0 Å². The molecule has 0 aliphatic carbocycles. The molecule has 2 rings (SSSR count). The summed E-state index contributed by atoms with van der Waals surface area (Å²) in [6.45, 7) is 0. The van der Waals surface area contributed by atoms with Gasteiger partial charge in [0, 0.05) is 25.0 Å². The van der Waals surface area contributed by atoms with Crippen molar-refractivity contribution in [2.45, 2.75) is 0 Å². The first-order valence-corrected chi connectivity index (χ1v) is 4.85. The predicted octanol–water partition coefficient (Wildman–Crippen LogP) is 1.83. The van der Waals surface area contributed by atoms with E-state index in [1.54, 1.807) is 31.6 Å². The number of carbonyl (C=O) groups is 1. The molecule has 0 aromatic carbocycles. The van der Waals surface area contributed by atoms with Gasteiger partial charge in [-0.05, 0) is 12.1 Å². The standard InChI is InChI=1S/C10H8ClN3O2/c1-14-8(11)7(10(15)16)13-9(14)6-3-2-4-12-5-6/h2-5H,1H3,(H,15,16). The van der Waals surface area contributed by atoms with Crippen LogP contribution in [0.5, 0.6) is 0 Å². The lowest BCUT2D eigenvalue weighted by Gasteiger charge is -2.00. The van der Waals surface area contributed by atoms with Crippen LogP contribution in [0.15, 0.2) is 24.5 Å². The smallest absolute Gasteiger partial charge is 0.357 e. The van der Waals surface area contributed by atoms with E-state index in [9.17, 15) is 4.79 Å². The Morgan fingerprint density at radius 3 is 2.81 bits per heavy atom. The lowest BCUT2D eigenvalue weighted by molar-refractivity contribution is 0.0691. The molecule has 0 atom stereocenters. The van der Waals surface area contributed by atoms with Crippen LogP contribution in [0, 0.1) is 0 Å². The lowest BCUT2D eigenvalue weighted by Crippen LogP contribution is -1.97. The minimum atomic E-state index is -1.14. The average Bonchev–Trinajstić information content (AvgIpc) is 2.58. The van der Waals surface area contributed by atoms with Gasteiger partial charge in [-0.25, -0.2) is 9.78 Å². The van der Waals surface area contributed by atoms with Crippen LogP contribution in [-0.2, 0) is 7.05 Å². The molecular weight excluding hydrogens is 230 g/mol. The first-order chi connectivity index (χ1) is 7.61. The van der Waals surface area contributed by atoms with Crippen molar-refractivity contribution in [2.24, 2.45) is 7.05 Å². The Balaban J connectivity index is 2.60. The molecule has 6 heteroatoms. The third kappa shape index (κ3) is 1.65. The summed E-state index contributed by atoms with van der Waals surface area (Å²) in [4.78, 5) is 18.8. The van der Waals surface area contributed by atoms with E-state index in [1.165, 1.54) is 4.57 Å². The van der Waals surface area contributed by atoms with Gasteiger partial charge in [-0.15, -0.1) is 0 Å². The first-order valence-electron chi connectivity index (χ1n) is 4.47. The van der Waals surface area contributed by atoms with Gasteiger partial charge >= 0.3 is 5.97 Å². The molecule has 0 fully saturated rings. The first kappa shape index (κ1) is 10.6. The molecule has 82 valence electrons. The van der Waals surface area contributed by atoms with Crippen LogP contribution >= 0.6 is 11.6 Å². The van der Waals surface area contributed by atoms with E-state index in [1.807, 2.05) is 0 Å². The van der Waals surface area contributed by atoms with Crippen molar-refractivity contribution in [1.29, 1.82) is 0 Å². The average molecular weight is 238 g/mol. The van der Waals surface area contributed by atoms with Gasteiger partial charge in [0.1, 0.15) is 11.0 Å². The summed E-state index contributed by atoms with van der Waals surface area (Å²) in [5.74, 6) is -0.661. The number of halogens is 1. The van der Waals surface area contributed by atoms with Crippen LogP contribution in [0.2, 0.25) is 5.15 Å². The van der Waals surface area contributed by atoms with Gasteiger partial charge in [0.2, 0.25) is 0 Å². The maximum absolute atomic E-state index is 10.8. The van der Waals surface area contributed by atoms with E-state index >= 15 is 0 Å². The SMILES string of the molecule is Cn1c(-c2cccnc2)nc(C(=O)O)c1Cl. The van der Waals surface area contributed by atoms with Gasteiger partial charge in [0.05, 0.1) is 0 Å². The van der Waals surface area contributed by atoms with Crippen LogP contribution < -0.4 is 0 Å². The fourth-order valence-electron chi connectivity index (χ4n) is 1.37. The van der Waals surface area contributed by atoms with Gasteiger partial charge in [0.15, 0.2) is 5.69 Å². The highest BCUT2D eigenvalue weighted by Crippen LogP contribution is 2.23. The summed E-state index contributed by atoms with van der Waals surface area (Å²) in [5.41, 5.74) is 0.572. The third-order valence-electron chi connectivity index (χ3n) is 2.15. The van der Waals surface area contributed by atoms with Crippen LogP contribution in [-0.4, -0.2) is 25.6 Å². The van der Waals surface area contributed by atoms with E-state index in [0.717, 1.165) is 5.56 Å². The lowest BCUT2D eigenvalue weighted by atomic mass is 10.3. The van der Waals surface area contributed by atoms with Gasteiger partial charge in [-0.1, -0.05) is 11.6 Å². The number of pyridine rings is 1. The molecular formula is C10H8ClN3O2. The van der Waals surface area contributed by atoms with Crippen molar-refractivity contribution in [3.05, 3.63) is 35.4 Å². The van der Waals surface area contributed by atoms with E-state index in [4.69, 9.17) is 16.7 Å². The van der Waals surface area contributed by atoms with Gasteiger partial charge in [0.25, 0.3) is 0 Å². The molecule has 2 aromatic heterocycles. The van der Waals surface area contributed by atoms with Gasteiger partial charge in [-0.3, -0.25) is 4.98 Å². The number of aromatic nitrogens is 3. The maximum Gasteiger partial charge on any atom is 0.357 e. The maximum atomic E-state index is 10.8. The minimum Gasteiger partial charge on any atom is -0.476 e. The molecule has 0 saturated carbocycles. The topological polar surface area (TPSA) is 68.0 Å². The van der Waals surface area contributed by atoms with Crippen LogP contribution in [0.4, 0.5) is 0 Å². The van der Waals surface area contributed by atoms with E-state index < -0.39 is 5.97 Å². The number of carboxylic acids is 1. The molecule has 0 bridgehead atoms. The highest BCUT2D eigenvalue weighted by Gasteiger charge is 2.19. The number of imidazole rings is 1. The van der Waals surface area contributed by atoms with Crippen molar-refractivity contribution in [2.75, 3.05) is 0 Å². The summed E-state index contributed by atoms with van der Waals surface area (Å²) in [6, 6.07) is 3.54. The molecule has 0 saturated heterocycles. The molecule has 16 heavy (non-hydrogen) atoms. The summed E-state index contributed by atoms with van der Waals surface area (Å²) < 4.78 is 1.52. The second-order valence-electron chi connectivity index (χ2n) is 3.18. The zero-order valence-electron chi connectivity index (χ0n) is 8.38. The Kier molecular flexibility index (Phi) is 2.62. The number of hydrogen-bond acceptors (Lipinski definition) is 3. The summed E-state index contributed by atoms with van der Waals surface area (Å²) in [7, 11) is 1.66. The highest BCUT2D eigenvalue weighted by atomic mass is 35.5. The molecule has 0 aliphatic rings. The van der Waals surface area contributed by atoms with Gasteiger partial charge in [-0.2, -0.15) is 0 Å². The molecule has 0 spiro atoms. The van der Waals surface area contributed by atoms with Gasteiger partial charge < -0.3 is 9.67 Å².